The number of hydrogen-bond donors (Lipinski definition) is 0. The van der Waals surface area contributed by atoms with Gasteiger partial charge in [-0.05, 0) is 74.9 Å². The summed E-state index contributed by atoms with van der Waals surface area (Å²) in [5, 5.41) is 0. The molecule has 1 amide bonds. The number of likely N-dealkylation sites (tertiary alicyclic amines) is 1. The molecule has 0 aliphatic carbocycles. The van der Waals surface area contributed by atoms with Crippen LogP contribution in [0.1, 0.15) is 63.0 Å². The zero-order valence-corrected chi connectivity index (χ0v) is 18.9. The van der Waals surface area contributed by atoms with Crippen LogP contribution in [-0.2, 0) is 6.42 Å². The van der Waals surface area contributed by atoms with Gasteiger partial charge >= 0.3 is 0 Å². The van der Waals surface area contributed by atoms with E-state index in [1.807, 2.05) is 47.7 Å². The maximum Gasteiger partial charge on any atom is 0.274 e. The van der Waals surface area contributed by atoms with Crippen molar-refractivity contribution in [2.45, 2.75) is 46.1 Å². The summed E-state index contributed by atoms with van der Waals surface area (Å²) in [6, 6.07) is 16.9. The Bertz CT molecular complexity index is 1310. The first-order valence-electron chi connectivity index (χ1n) is 11.3. The number of aryl methyl sites for hydroxylation is 3. The van der Waals surface area contributed by atoms with E-state index < -0.39 is 0 Å². The van der Waals surface area contributed by atoms with Gasteiger partial charge in [0.05, 0.1) is 11.7 Å². The van der Waals surface area contributed by atoms with Crippen LogP contribution < -0.4 is 0 Å². The summed E-state index contributed by atoms with van der Waals surface area (Å²) in [5.74, 6) is -0.0147. The Balaban J connectivity index is 1.44. The minimum atomic E-state index is -0.0147. The lowest BCUT2D eigenvalue weighted by Crippen LogP contribution is -2.31. The van der Waals surface area contributed by atoms with Crippen molar-refractivity contribution in [1.82, 2.24) is 19.3 Å². The van der Waals surface area contributed by atoms with Crippen LogP contribution in [-0.4, -0.2) is 31.7 Å². The standard InChI is InChI=1S/C27H28N4O/c1-18-7-4-9-21(13-18)15-22-14-20(3)28-23(16-22)25-10-6-12-31(25)27(32)24-17-30-11-5-8-19(2)26(30)29-24/h4-5,7-9,11,13-14,16-17,25H,6,10,12,15H2,1-3H3/t25-/m0/s1. The summed E-state index contributed by atoms with van der Waals surface area (Å²) in [7, 11) is 0. The molecule has 0 saturated carbocycles. The minimum absolute atomic E-state index is 0.00966. The zero-order chi connectivity index (χ0) is 22.2. The number of benzene rings is 1. The molecule has 1 aliphatic heterocycles. The van der Waals surface area contributed by atoms with Crippen LogP contribution in [0.25, 0.3) is 5.65 Å². The summed E-state index contributed by atoms with van der Waals surface area (Å²) in [5.41, 5.74) is 8.17. The lowest BCUT2D eigenvalue weighted by molar-refractivity contribution is 0.0727. The number of aromatic nitrogens is 3. The third kappa shape index (κ3) is 3.91. The number of hydrogen-bond acceptors (Lipinski definition) is 3. The van der Waals surface area contributed by atoms with Crippen molar-refractivity contribution in [2.24, 2.45) is 0 Å². The number of amides is 1. The van der Waals surface area contributed by atoms with E-state index in [1.54, 1.807) is 0 Å². The van der Waals surface area contributed by atoms with Gasteiger partial charge in [-0.25, -0.2) is 4.98 Å². The molecule has 1 fully saturated rings. The summed E-state index contributed by atoms with van der Waals surface area (Å²) in [6.45, 7) is 6.91. The van der Waals surface area contributed by atoms with Crippen LogP contribution in [0.5, 0.6) is 0 Å². The zero-order valence-electron chi connectivity index (χ0n) is 18.9. The molecule has 162 valence electrons. The molecule has 5 nitrogen and oxygen atoms in total. The fraction of sp³-hybridized carbons (Fsp3) is 0.296. The van der Waals surface area contributed by atoms with Crippen LogP contribution in [0.3, 0.4) is 0 Å². The third-order valence-corrected chi connectivity index (χ3v) is 6.28. The van der Waals surface area contributed by atoms with Gasteiger partial charge < -0.3 is 9.30 Å². The van der Waals surface area contributed by atoms with Gasteiger partial charge in [-0.1, -0.05) is 35.9 Å². The summed E-state index contributed by atoms with van der Waals surface area (Å²) < 4.78 is 1.93. The Labute approximate surface area is 188 Å². The number of fused-ring (bicyclic) bond motifs is 1. The van der Waals surface area contributed by atoms with E-state index in [4.69, 9.17) is 4.98 Å². The molecule has 32 heavy (non-hydrogen) atoms. The quantitative estimate of drug-likeness (QED) is 0.451. The molecule has 3 aromatic heterocycles. The third-order valence-electron chi connectivity index (χ3n) is 6.28. The van der Waals surface area contributed by atoms with Crippen LogP contribution in [0.2, 0.25) is 0 Å². The smallest absolute Gasteiger partial charge is 0.274 e. The van der Waals surface area contributed by atoms with Crippen molar-refractivity contribution >= 4 is 11.6 Å². The lowest BCUT2D eigenvalue weighted by atomic mass is 10.0. The Morgan fingerprint density at radius 2 is 1.91 bits per heavy atom. The highest BCUT2D eigenvalue weighted by Gasteiger charge is 2.33. The number of carbonyl (C=O) groups excluding carboxylic acids is 1. The summed E-state index contributed by atoms with van der Waals surface area (Å²) >= 11 is 0. The van der Waals surface area contributed by atoms with Gasteiger partial charge in [0.15, 0.2) is 0 Å². The van der Waals surface area contributed by atoms with Gasteiger partial charge in [0.1, 0.15) is 11.3 Å². The van der Waals surface area contributed by atoms with E-state index >= 15 is 0 Å². The van der Waals surface area contributed by atoms with E-state index in [2.05, 4.69) is 48.3 Å². The van der Waals surface area contributed by atoms with E-state index in [9.17, 15) is 4.79 Å². The van der Waals surface area contributed by atoms with E-state index in [-0.39, 0.29) is 11.9 Å². The highest BCUT2D eigenvalue weighted by Crippen LogP contribution is 2.33. The molecule has 4 aromatic rings. The van der Waals surface area contributed by atoms with Crippen molar-refractivity contribution in [3.8, 4) is 0 Å². The van der Waals surface area contributed by atoms with Gasteiger partial charge in [0.2, 0.25) is 0 Å². The molecule has 5 rings (SSSR count). The number of rotatable bonds is 4. The summed E-state index contributed by atoms with van der Waals surface area (Å²) in [6.07, 6.45) is 6.55. The van der Waals surface area contributed by atoms with Gasteiger partial charge in [-0.15, -0.1) is 0 Å². The molecule has 1 atom stereocenters. The fourth-order valence-electron chi connectivity index (χ4n) is 4.82. The molecule has 0 bridgehead atoms. The lowest BCUT2D eigenvalue weighted by Gasteiger charge is -2.24. The van der Waals surface area contributed by atoms with Crippen LogP contribution in [0.4, 0.5) is 0 Å². The van der Waals surface area contributed by atoms with Gasteiger partial charge in [-0.2, -0.15) is 0 Å². The molecular weight excluding hydrogens is 396 g/mol. The SMILES string of the molecule is Cc1cccc(Cc2cc(C)nc([C@@H]3CCCN3C(=O)c3cn4cccc(C)c4n3)c2)c1. The van der Waals surface area contributed by atoms with E-state index in [1.165, 1.54) is 16.7 Å². The number of pyridine rings is 2. The predicted octanol–water partition coefficient (Wildman–Crippen LogP) is 5.22. The first-order chi connectivity index (χ1) is 15.5. The maximum atomic E-state index is 13.4. The molecular formula is C27H28N4O. The number of nitrogens with zero attached hydrogens (tertiary/aromatic N) is 4. The van der Waals surface area contributed by atoms with E-state index in [0.29, 0.717) is 5.69 Å². The molecule has 0 N–H and O–H groups in total. The van der Waals surface area contributed by atoms with Gasteiger partial charge in [-0.3, -0.25) is 9.78 Å². The Morgan fingerprint density at radius 3 is 2.72 bits per heavy atom. The number of imidazole rings is 1. The predicted molar refractivity (Wildman–Crippen MR) is 126 cm³/mol. The average Bonchev–Trinajstić information content (AvgIpc) is 3.41. The molecule has 1 aromatic carbocycles. The van der Waals surface area contributed by atoms with Crippen molar-refractivity contribution < 1.29 is 4.79 Å². The average molecular weight is 425 g/mol. The molecule has 0 radical (unpaired) electrons. The van der Waals surface area contributed by atoms with E-state index in [0.717, 1.165) is 48.4 Å². The van der Waals surface area contributed by atoms with Gasteiger partial charge in [0, 0.05) is 24.6 Å². The molecule has 0 spiro atoms. The van der Waals surface area contributed by atoms with Crippen LogP contribution >= 0.6 is 0 Å². The normalized spacial score (nSPS) is 16.1. The second-order valence-corrected chi connectivity index (χ2v) is 8.91. The Morgan fingerprint density at radius 1 is 1.03 bits per heavy atom. The fourth-order valence-corrected chi connectivity index (χ4v) is 4.82. The number of carbonyl (C=O) groups is 1. The topological polar surface area (TPSA) is 50.5 Å². The Hall–Kier alpha value is -3.47. The molecule has 5 heteroatoms. The molecule has 1 aliphatic rings. The largest absolute Gasteiger partial charge is 0.329 e. The molecule has 0 unspecified atom stereocenters. The highest BCUT2D eigenvalue weighted by molar-refractivity contribution is 5.93. The molecule has 1 saturated heterocycles. The van der Waals surface area contributed by atoms with Crippen molar-refractivity contribution in [2.75, 3.05) is 6.54 Å². The maximum absolute atomic E-state index is 13.4. The second-order valence-electron chi connectivity index (χ2n) is 8.91. The summed E-state index contributed by atoms with van der Waals surface area (Å²) in [4.78, 5) is 24.9. The highest BCUT2D eigenvalue weighted by atomic mass is 16.2. The first-order valence-corrected chi connectivity index (χ1v) is 11.3. The van der Waals surface area contributed by atoms with Gasteiger partial charge in [0.25, 0.3) is 5.91 Å². The minimum Gasteiger partial charge on any atom is -0.329 e. The second kappa shape index (κ2) is 8.23. The van der Waals surface area contributed by atoms with Crippen molar-refractivity contribution in [1.29, 1.82) is 0 Å². The van der Waals surface area contributed by atoms with Crippen molar-refractivity contribution in [3.05, 3.63) is 100 Å². The first kappa shape index (κ1) is 20.4. The van der Waals surface area contributed by atoms with Crippen molar-refractivity contribution in [3.63, 3.8) is 0 Å². The van der Waals surface area contributed by atoms with Crippen LogP contribution in [0, 0.1) is 20.8 Å². The monoisotopic (exact) mass is 424 g/mol. The Kier molecular flexibility index (Phi) is 5.25. The van der Waals surface area contributed by atoms with Crippen LogP contribution in [0.15, 0.2) is 60.9 Å². The molecule has 4 heterocycles.